The van der Waals surface area contributed by atoms with Crippen LogP contribution in [0.15, 0.2) is 17.3 Å². The lowest BCUT2D eigenvalue weighted by molar-refractivity contribution is 0.534. The van der Waals surface area contributed by atoms with E-state index in [2.05, 4.69) is 41.5 Å². The summed E-state index contributed by atoms with van der Waals surface area (Å²) in [6.07, 6.45) is 5.56. The predicted molar refractivity (Wildman–Crippen MR) is 100 cm³/mol. The molecule has 0 aliphatic carbocycles. The Kier molecular flexibility index (Phi) is 11.4. The molecule has 122 valence electrons. The fraction of sp³-hybridized carbons (Fsp3) is 0.733. The summed E-state index contributed by atoms with van der Waals surface area (Å²) in [6.45, 7) is 9.13. The van der Waals surface area contributed by atoms with Gasteiger partial charge in [0.2, 0.25) is 0 Å². The second-order valence-electron chi connectivity index (χ2n) is 5.46. The maximum absolute atomic E-state index is 4.58. The minimum Gasteiger partial charge on any atom is -0.357 e. The van der Waals surface area contributed by atoms with Crippen LogP contribution < -0.4 is 10.6 Å². The largest absolute Gasteiger partial charge is 0.357 e. The number of aryl methyl sites for hydroxylation is 1. The third-order valence-corrected chi connectivity index (χ3v) is 3.17. The standard InChI is InChI=1S/C15H29N5.HI/c1-5-16-15(17-10-7-6-8-13(2)3)18-12-14-9-11-19-20(14)4;/h9,11,13H,5-8,10,12H2,1-4H3,(H2,16,17,18);1H. The second kappa shape index (κ2) is 11.8. The molecule has 1 aromatic rings. The second-order valence-corrected chi connectivity index (χ2v) is 5.46. The van der Waals surface area contributed by atoms with E-state index >= 15 is 0 Å². The number of unbranched alkanes of at least 4 members (excludes halogenated alkanes) is 1. The number of hydrogen-bond donors (Lipinski definition) is 2. The van der Waals surface area contributed by atoms with Gasteiger partial charge in [-0.2, -0.15) is 5.10 Å². The van der Waals surface area contributed by atoms with Crippen LogP contribution >= 0.6 is 24.0 Å². The van der Waals surface area contributed by atoms with E-state index in [-0.39, 0.29) is 24.0 Å². The van der Waals surface area contributed by atoms with E-state index in [4.69, 9.17) is 0 Å². The summed E-state index contributed by atoms with van der Waals surface area (Å²) in [5.74, 6) is 1.68. The molecule has 0 aliphatic rings. The molecule has 5 nitrogen and oxygen atoms in total. The Morgan fingerprint density at radius 1 is 1.33 bits per heavy atom. The molecule has 0 bridgehead atoms. The van der Waals surface area contributed by atoms with Crippen LogP contribution in [0, 0.1) is 5.92 Å². The average molecular weight is 407 g/mol. The van der Waals surface area contributed by atoms with Gasteiger partial charge >= 0.3 is 0 Å². The molecule has 0 aliphatic heterocycles. The molecule has 0 saturated heterocycles. The van der Waals surface area contributed by atoms with Gasteiger partial charge in [-0.15, -0.1) is 24.0 Å². The normalized spacial score (nSPS) is 11.4. The molecule has 1 heterocycles. The number of hydrogen-bond acceptors (Lipinski definition) is 2. The molecule has 0 amide bonds. The summed E-state index contributed by atoms with van der Waals surface area (Å²) in [5.41, 5.74) is 1.11. The molecule has 2 N–H and O–H groups in total. The van der Waals surface area contributed by atoms with E-state index in [9.17, 15) is 0 Å². The number of guanidine groups is 1. The Morgan fingerprint density at radius 2 is 2.10 bits per heavy atom. The molecule has 1 aromatic heterocycles. The Balaban J connectivity index is 0.00000400. The van der Waals surface area contributed by atoms with Crippen LogP contribution in [-0.2, 0) is 13.6 Å². The Hall–Kier alpha value is -0.790. The molecule has 0 unspecified atom stereocenters. The number of aromatic nitrogens is 2. The highest BCUT2D eigenvalue weighted by Crippen LogP contribution is 2.05. The number of halogens is 1. The van der Waals surface area contributed by atoms with Crippen LogP contribution in [0.4, 0.5) is 0 Å². The van der Waals surface area contributed by atoms with Crippen LogP contribution in [0.1, 0.15) is 45.7 Å². The summed E-state index contributed by atoms with van der Waals surface area (Å²) in [7, 11) is 1.94. The van der Waals surface area contributed by atoms with Gasteiger partial charge in [0.25, 0.3) is 0 Å². The first-order valence-corrected chi connectivity index (χ1v) is 7.62. The van der Waals surface area contributed by atoms with Crippen LogP contribution in [0.25, 0.3) is 0 Å². The zero-order valence-corrected chi connectivity index (χ0v) is 16.1. The minimum absolute atomic E-state index is 0. The Morgan fingerprint density at radius 3 is 2.67 bits per heavy atom. The van der Waals surface area contributed by atoms with Crippen molar-refractivity contribution in [2.24, 2.45) is 18.0 Å². The fourth-order valence-corrected chi connectivity index (χ4v) is 1.94. The van der Waals surface area contributed by atoms with Gasteiger partial charge in [0.15, 0.2) is 5.96 Å². The van der Waals surface area contributed by atoms with E-state index in [1.165, 1.54) is 19.3 Å². The van der Waals surface area contributed by atoms with Gasteiger partial charge in [-0.1, -0.05) is 26.7 Å². The van der Waals surface area contributed by atoms with Crippen LogP contribution in [0.2, 0.25) is 0 Å². The van der Waals surface area contributed by atoms with Gasteiger partial charge in [0.1, 0.15) is 0 Å². The number of nitrogens with one attached hydrogen (secondary N) is 2. The van der Waals surface area contributed by atoms with E-state index in [1.54, 1.807) is 6.20 Å². The minimum atomic E-state index is 0. The van der Waals surface area contributed by atoms with Crippen molar-refractivity contribution in [3.63, 3.8) is 0 Å². The van der Waals surface area contributed by atoms with Crippen molar-refractivity contribution in [3.8, 4) is 0 Å². The first kappa shape index (κ1) is 20.2. The monoisotopic (exact) mass is 407 g/mol. The highest BCUT2D eigenvalue weighted by molar-refractivity contribution is 14.0. The van der Waals surface area contributed by atoms with Gasteiger partial charge in [0.05, 0.1) is 12.2 Å². The molecule has 21 heavy (non-hydrogen) atoms. The third-order valence-electron chi connectivity index (χ3n) is 3.17. The highest BCUT2D eigenvalue weighted by Gasteiger charge is 2.00. The molecule has 0 aromatic carbocycles. The molecule has 0 atom stereocenters. The molecule has 6 heteroatoms. The van der Waals surface area contributed by atoms with Gasteiger partial charge in [0, 0.05) is 26.3 Å². The Labute approximate surface area is 146 Å². The SMILES string of the molecule is CCNC(=NCc1ccnn1C)NCCCCC(C)C.I. The summed E-state index contributed by atoms with van der Waals surface area (Å²) in [5, 5.41) is 10.8. The number of nitrogens with zero attached hydrogens (tertiary/aromatic N) is 3. The van der Waals surface area contributed by atoms with Crippen molar-refractivity contribution in [2.75, 3.05) is 13.1 Å². The van der Waals surface area contributed by atoms with Crippen molar-refractivity contribution in [2.45, 2.75) is 46.6 Å². The summed E-state index contributed by atoms with van der Waals surface area (Å²) < 4.78 is 1.86. The molecule has 0 saturated carbocycles. The van der Waals surface area contributed by atoms with Crippen LogP contribution in [0.5, 0.6) is 0 Å². The van der Waals surface area contributed by atoms with Gasteiger partial charge in [-0.05, 0) is 25.3 Å². The zero-order chi connectivity index (χ0) is 14.8. The number of rotatable bonds is 8. The maximum atomic E-state index is 4.58. The Bertz CT molecular complexity index is 401. The lowest BCUT2D eigenvalue weighted by Crippen LogP contribution is -2.37. The molecule has 0 fully saturated rings. The lowest BCUT2D eigenvalue weighted by atomic mass is 10.1. The molecular weight excluding hydrogens is 377 g/mol. The van der Waals surface area contributed by atoms with E-state index in [1.807, 2.05) is 17.8 Å². The predicted octanol–water partition coefficient (Wildman–Crippen LogP) is 2.92. The van der Waals surface area contributed by atoms with Crippen molar-refractivity contribution < 1.29 is 0 Å². The molecule has 1 rings (SSSR count). The van der Waals surface area contributed by atoms with Crippen molar-refractivity contribution in [3.05, 3.63) is 18.0 Å². The summed E-state index contributed by atoms with van der Waals surface area (Å²) >= 11 is 0. The molecule has 0 spiro atoms. The molecular formula is C15H30IN5. The van der Waals surface area contributed by atoms with Crippen molar-refractivity contribution in [1.82, 2.24) is 20.4 Å². The first-order chi connectivity index (χ1) is 9.63. The van der Waals surface area contributed by atoms with Crippen molar-refractivity contribution in [1.29, 1.82) is 0 Å². The van der Waals surface area contributed by atoms with Gasteiger partial charge in [-0.3, -0.25) is 4.68 Å². The highest BCUT2D eigenvalue weighted by atomic mass is 127. The van der Waals surface area contributed by atoms with Gasteiger partial charge < -0.3 is 10.6 Å². The topological polar surface area (TPSA) is 54.2 Å². The van der Waals surface area contributed by atoms with E-state index in [0.717, 1.165) is 30.7 Å². The van der Waals surface area contributed by atoms with Crippen molar-refractivity contribution >= 4 is 29.9 Å². The first-order valence-electron chi connectivity index (χ1n) is 7.62. The maximum Gasteiger partial charge on any atom is 0.191 e. The van der Waals surface area contributed by atoms with Crippen LogP contribution in [0.3, 0.4) is 0 Å². The van der Waals surface area contributed by atoms with Gasteiger partial charge in [-0.25, -0.2) is 4.99 Å². The smallest absolute Gasteiger partial charge is 0.191 e. The fourth-order valence-electron chi connectivity index (χ4n) is 1.94. The van der Waals surface area contributed by atoms with E-state index < -0.39 is 0 Å². The zero-order valence-electron chi connectivity index (χ0n) is 13.7. The number of aliphatic imine (C=N–C) groups is 1. The lowest BCUT2D eigenvalue weighted by Gasteiger charge is -2.11. The quantitative estimate of drug-likeness (QED) is 0.302. The third kappa shape index (κ3) is 8.95. The molecule has 0 radical (unpaired) electrons. The summed E-state index contributed by atoms with van der Waals surface area (Å²) in [4.78, 5) is 4.58. The van der Waals surface area contributed by atoms with E-state index in [0.29, 0.717) is 6.54 Å². The summed E-state index contributed by atoms with van der Waals surface area (Å²) in [6, 6.07) is 2.00. The van der Waals surface area contributed by atoms with Crippen LogP contribution in [-0.4, -0.2) is 28.8 Å². The average Bonchev–Trinajstić information content (AvgIpc) is 2.80.